The zero-order valence-electron chi connectivity index (χ0n) is 6.89. The van der Waals surface area contributed by atoms with Crippen molar-refractivity contribution in [3.8, 4) is 0 Å². The average molecular weight is 229 g/mol. The zero-order chi connectivity index (χ0) is 8.39. The zero-order valence-corrected chi connectivity index (χ0v) is 8.47. The van der Waals surface area contributed by atoms with Crippen LogP contribution in [0.15, 0.2) is 22.8 Å². The summed E-state index contributed by atoms with van der Waals surface area (Å²) in [6, 6.07) is 0.727. The van der Waals surface area contributed by atoms with Crippen molar-refractivity contribution in [2.24, 2.45) is 0 Å². The number of hydrogen-bond acceptors (Lipinski definition) is 2. The Hall–Kier alpha value is -0.280. The second kappa shape index (κ2) is 3.62. The highest BCUT2D eigenvalue weighted by molar-refractivity contribution is 9.11. The van der Waals surface area contributed by atoms with E-state index in [-0.39, 0.29) is 0 Å². The fraction of sp³-hybridized carbons (Fsp3) is 0.556. The summed E-state index contributed by atoms with van der Waals surface area (Å²) in [5.41, 5.74) is 0. The van der Waals surface area contributed by atoms with Gasteiger partial charge in [0, 0.05) is 6.04 Å². The van der Waals surface area contributed by atoms with E-state index in [4.69, 9.17) is 0 Å². The molecule has 2 rings (SSSR count). The molecular formula is C9H13BrN2. The van der Waals surface area contributed by atoms with Crippen molar-refractivity contribution in [2.45, 2.75) is 31.5 Å². The summed E-state index contributed by atoms with van der Waals surface area (Å²) in [4.78, 5) is 0. The van der Waals surface area contributed by atoms with E-state index in [1.165, 1.54) is 19.3 Å². The van der Waals surface area contributed by atoms with Crippen LogP contribution in [0.1, 0.15) is 19.3 Å². The largest absolute Gasteiger partial charge is 0.361 e. The van der Waals surface area contributed by atoms with Crippen molar-refractivity contribution >= 4 is 15.9 Å². The van der Waals surface area contributed by atoms with Crippen LogP contribution >= 0.6 is 15.9 Å². The van der Waals surface area contributed by atoms with E-state index < -0.39 is 0 Å². The van der Waals surface area contributed by atoms with Gasteiger partial charge in [-0.05, 0) is 40.9 Å². The molecule has 1 saturated carbocycles. The maximum Gasteiger partial charge on any atom is 0.0969 e. The summed E-state index contributed by atoms with van der Waals surface area (Å²) in [5.74, 6) is 0. The van der Waals surface area contributed by atoms with Gasteiger partial charge in [-0.3, -0.25) is 5.32 Å². The molecule has 0 aromatic carbocycles. The maximum atomic E-state index is 3.52. The number of dihydropyridines is 1. The van der Waals surface area contributed by atoms with Gasteiger partial charge in [0.25, 0.3) is 0 Å². The van der Waals surface area contributed by atoms with Crippen LogP contribution in [-0.4, -0.2) is 12.2 Å². The minimum Gasteiger partial charge on any atom is -0.361 e. The van der Waals surface area contributed by atoms with Crippen LogP contribution in [-0.2, 0) is 0 Å². The smallest absolute Gasteiger partial charge is 0.0969 e. The summed E-state index contributed by atoms with van der Waals surface area (Å²) in [7, 11) is 0. The molecule has 2 nitrogen and oxygen atoms in total. The molecule has 2 aliphatic rings. The maximum absolute atomic E-state index is 3.52. The van der Waals surface area contributed by atoms with Gasteiger partial charge in [0.1, 0.15) is 0 Å². The molecule has 1 unspecified atom stereocenters. The molecule has 1 aliphatic carbocycles. The van der Waals surface area contributed by atoms with Gasteiger partial charge in [-0.1, -0.05) is 12.5 Å². The molecule has 1 atom stereocenters. The van der Waals surface area contributed by atoms with Gasteiger partial charge in [-0.25, -0.2) is 0 Å². The SMILES string of the molecule is BrC1=CC=CC(NC2CCC2)N1. The van der Waals surface area contributed by atoms with E-state index >= 15 is 0 Å². The van der Waals surface area contributed by atoms with Gasteiger partial charge in [0.15, 0.2) is 0 Å². The van der Waals surface area contributed by atoms with Crippen LogP contribution in [0.25, 0.3) is 0 Å². The van der Waals surface area contributed by atoms with E-state index in [1.54, 1.807) is 0 Å². The van der Waals surface area contributed by atoms with E-state index in [0.717, 1.165) is 10.6 Å². The standard InChI is InChI=1S/C9H13BrN2/c10-8-5-2-6-9(12-8)11-7-3-1-4-7/h2,5-7,9,11-12H,1,3-4H2. The molecule has 0 saturated heterocycles. The molecule has 0 radical (unpaired) electrons. The van der Waals surface area contributed by atoms with Gasteiger partial charge >= 0.3 is 0 Å². The van der Waals surface area contributed by atoms with Crippen molar-refractivity contribution < 1.29 is 0 Å². The monoisotopic (exact) mass is 228 g/mol. The molecule has 3 heteroatoms. The van der Waals surface area contributed by atoms with Crippen molar-refractivity contribution in [1.29, 1.82) is 0 Å². The first-order valence-electron chi connectivity index (χ1n) is 4.41. The highest BCUT2D eigenvalue weighted by Crippen LogP contribution is 2.19. The topological polar surface area (TPSA) is 24.1 Å². The van der Waals surface area contributed by atoms with Crippen LogP contribution in [0, 0.1) is 0 Å². The van der Waals surface area contributed by atoms with Gasteiger partial charge < -0.3 is 5.32 Å². The Kier molecular flexibility index (Phi) is 2.51. The predicted molar refractivity (Wildman–Crippen MR) is 53.8 cm³/mol. The Morgan fingerprint density at radius 3 is 2.92 bits per heavy atom. The molecule has 12 heavy (non-hydrogen) atoms. The fourth-order valence-corrected chi connectivity index (χ4v) is 1.82. The third-order valence-electron chi connectivity index (χ3n) is 2.36. The van der Waals surface area contributed by atoms with Crippen molar-refractivity contribution in [3.63, 3.8) is 0 Å². The lowest BCUT2D eigenvalue weighted by Crippen LogP contribution is -2.48. The summed E-state index contributed by atoms with van der Waals surface area (Å²) in [6.07, 6.45) is 10.6. The van der Waals surface area contributed by atoms with Gasteiger partial charge in [-0.2, -0.15) is 0 Å². The number of hydrogen-bond donors (Lipinski definition) is 2. The first-order valence-corrected chi connectivity index (χ1v) is 5.20. The van der Waals surface area contributed by atoms with E-state index in [1.807, 2.05) is 6.08 Å². The molecule has 2 N–H and O–H groups in total. The highest BCUT2D eigenvalue weighted by Gasteiger charge is 2.20. The molecule has 1 heterocycles. The first-order chi connectivity index (χ1) is 5.84. The lowest BCUT2D eigenvalue weighted by Gasteiger charge is -2.31. The molecule has 0 bridgehead atoms. The summed E-state index contributed by atoms with van der Waals surface area (Å²) in [5, 5.41) is 6.81. The molecule has 0 amide bonds. The molecule has 0 spiro atoms. The summed E-state index contributed by atoms with van der Waals surface area (Å²) < 4.78 is 1.06. The number of rotatable bonds is 2. The fourth-order valence-electron chi connectivity index (χ4n) is 1.42. The van der Waals surface area contributed by atoms with Gasteiger partial charge in [0.2, 0.25) is 0 Å². The highest BCUT2D eigenvalue weighted by atomic mass is 79.9. The Labute approximate surface area is 81.2 Å². The third-order valence-corrected chi connectivity index (χ3v) is 2.85. The van der Waals surface area contributed by atoms with Gasteiger partial charge in [-0.15, -0.1) is 0 Å². The molecule has 1 fully saturated rings. The van der Waals surface area contributed by atoms with Crippen molar-refractivity contribution in [1.82, 2.24) is 10.6 Å². The number of halogens is 1. The second-order valence-corrected chi connectivity index (χ2v) is 4.17. The van der Waals surface area contributed by atoms with Crippen LogP contribution in [0.3, 0.4) is 0 Å². The van der Waals surface area contributed by atoms with Crippen molar-refractivity contribution in [2.75, 3.05) is 0 Å². The van der Waals surface area contributed by atoms with Crippen LogP contribution < -0.4 is 10.6 Å². The second-order valence-electron chi connectivity index (χ2n) is 3.32. The predicted octanol–water partition coefficient (Wildman–Crippen LogP) is 1.85. The van der Waals surface area contributed by atoms with E-state index in [2.05, 4.69) is 38.7 Å². The Balaban J connectivity index is 1.81. The molecule has 0 aromatic rings. The van der Waals surface area contributed by atoms with Crippen molar-refractivity contribution in [3.05, 3.63) is 22.8 Å². The normalized spacial score (nSPS) is 29.1. The molecule has 66 valence electrons. The van der Waals surface area contributed by atoms with E-state index in [9.17, 15) is 0 Å². The minimum absolute atomic E-state index is 0.315. The first kappa shape index (κ1) is 8.32. The summed E-state index contributed by atoms with van der Waals surface area (Å²) in [6.45, 7) is 0. The van der Waals surface area contributed by atoms with Gasteiger partial charge in [0.05, 0.1) is 10.8 Å². The summed E-state index contributed by atoms with van der Waals surface area (Å²) >= 11 is 3.42. The lowest BCUT2D eigenvalue weighted by molar-refractivity contribution is 0.311. The van der Waals surface area contributed by atoms with Crippen LogP contribution in [0.4, 0.5) is 0 Å². The van der Waals surface area contributed by atoms with Crippen LogP contribution in [0.2, 0.25) is 0 Å². The van der Waals surface area contributed by atoms with Crippen LogP contribution in [0.5, 0.6) is 0 Å². The minimum atomic E-state index is 0.315. The average Bonchev–Trinajstić information content (AvgIpc) is 1.97. The number of allylic oxidation sites excluding steroid dienone is 2. The lowest BCUT2D eigenvalue weighted by atomic mass is 9.93. The Morgan fingerprint density at radius 2 is 2.33 bits per heavy atom. The Morgan fingerprint density at radius 1 is 1.50 bits per heavy atom. The van der Waals surface area contributed by atoms with E-state index in [0.29, 0.717) is 6.17 Å². The Bertz CT molecular complexity index is 219. The third kappa shape index (κ3) is 1.90. The quantitative estimate of drug-likeness (QED) is 0.706. The molecule has 0 aromatic heterocycles. The molecular weight excluding hydrogens is 216 g/mol. The number of nitrogens with one attached hydrogen (secondary N) is 2. The molecule has 1 aliphatic heterocycles.